The zero-order valence-corrected chi connectivity index (χ0v) is 16.9. The normalized spacial score (nSPS) is 26.1. The van der Waals surface area contributed by atoms with Crippen LogP contribution in [0, 0.1) is 0 Å². The smallest absolute Gasteiger partial charge is 0.342 e. The predicted molar refractivity (Wildman–Crippen MR) is 103 cm³/mol. The van der Waals surface area contributed by atoms with Gasteiger partial charge in [-0.25, -0.2) is 19.2 Å². The number of aliphatic carboxylic acids is 1. The zero-order valence-electron chi connectivity index (χ0n) is 15.3. The number of nitrogens with zero attached hydrogens (tertiary/aromatic N) is 5. The molecule has 0 spiro atoms. The third-order valence-corrected chi connectivity index (χ3v) is 5.61. The maximum Gasteiger partial charge on any atom is 0.342 e. The van der Waals surface area contributed by atoms with Crippen LogP contribution in [0.5, 0.6) is 0 Å². The second-order valence-electron chi connectivity index (χ2n) is 6.73. The number of carboxylic acids is 1. The summed E-state index contributed by atoms with van der Waals surface area (Å²) in [4.78, 5) is 27.5. The molecule has 14 heteroatoms. The number of carboxylic acid groups (broad SMARTS) is 1. The minimum atomic E-state index is -1.87. The molecule has 1 aliphatic rings. The van der Waals surface area contributed by atoms with E-state index in [2.05, 4.69) is 19.9 Å². The van der Waals surface area contributed by atoms with Crippen molar-refractivity contribution >= 4 is 45.9 Å². The molecule has 1 fully saturated rings. The van der Waals surface area contributed by atoms with Gasteiger partial charge in [0.25, 0.3) is 0 Å². The van der Waals surface area contributed by atoms with Crippen molar-refractivity contribution in [2.24, 2.45) is 0 Å². The van der Waals surface area contributed by atoms with Gasteiger partial charge in [-0.3, -0.25) is 4.57 Å². The fourth-order valence-electron chi connectivity index (χ4n) is 3.10. The molecule has 1 unspecified atom stereocenters. The quantitative estimate of drug-likeness (QED) is 0.457. The number of aliphatic hydroxyl groups excluding tert-OH is 1. The van der Waals surface area contributed by atoms with E-state index in [1.54, 1.807) is 0 Å². The van der Waals surface area contributed by atoms with E-state index >= 15 is 0 Å². The Morgan fingerprint density at radius 1 is 1.50 bits per heavy atom. The third-order valence-electron chi connectivity index (χ3n) is 4.85. The van der Waals surface area contributed by atoms with Crippen molar-refractivity contribution in [2.45, 2.75) is 37.1 Å². The Hall–Kier alpha value is -2.45. The Morgan fingerprint density at radius 2 is 2.27 bits per heavy atom. The molecule has 3 aromatic heterocycles. The number of halogens is 2. The first-order chi connectivity index (χ1) is 14.2. The molecule has 1 saturated heterocycles. The van der Waals surface area contributed by atoms with Gasteiger partial charge < -0.3 is 25.4 Å². The second kappa shape index (κ2) is 7.67. The molecule has 4 N–H and O–H groups in total. The Kier molecular flexibility index (Phi) is 5.32. The lowest BCUT2D eigenvalue weighted by atomic mass is 10.0. The number of carbonyl (C=O) groups is 1. The number of imidazole rings is 1. The number of aliphatic hydroxyl groups is 1. The molecule has 11 nitrogen and oxygen atoms in total. The van der Waals surface area contributed by atoms with E-state index in [0.717, 1.165) is 0 Å². The number of anilines is 1. The fourth-order valence-corrected chi connectivity index (χ4v) is 3.93. The molecule has 30 heavy (non-hydrogen) atoms. The number of thiazole rings is 1. The number of rotatable bonds is 6. The number of hydrogen-bond acceptors (Lipinski definition) is 10. The molecule has 0 amide bonds. The van der Waals surface area contributed by atoms with Gasteiger partial charge in [-0.2, -0.15) is 9.97 Å². The molecule has 1 aliphatic heterocycles. The first-order valence-corrected chi connectivity index (χ1v) is 9.93. The summed E-state index contributed by atoms with van der Waals surface area (Å²) in [5, 5.41) is 21.3. The molecule has 0 aliphatic carbocycles. The Bertz CT molecular complexity index is 1080. The first kappa shape index (κ1) is 20.8. The second-order valence-corrected chi connectivity index (χ2v) is 7.78. The molecule has 160 valence electrons. The summed E-state index contributed by atoms with van der Waals surface area (Å²) in [7, 11) is 0. The van der Waals surface area contributed by atoms with Crippen LogP contribution in [-0.2, 0) is 19.9 Å². The summed E-state index contributed by atoms with van der Waals surface area (Å²) in [6.45, 7) is 0.921. The largest absolute Gasteiger partial charge is 0.479 e. The van der Waals surface area contributed by atoms with Gasteiger partial charge in [0.2, 0.25) is 10.9 Å². The molecule has 0 aromatic carbocycles. The zero-order chi connectivity index (χ0) is 21.6. The lowest BCUT2D eigenvalue weighted by Gasteiger charge is -2.26. The minimum Gasteiger partial charge on any atom is -0.479 e. The highest BCUT2D eigenvalue weighted by atomic mass is 35.5. The molecule has 4 rings (SSSR count). The van der Waals surface area contributed by atoms with E-state index in [1.807, 2.05) is 0 Å². The van der Waals surface area contributed by atoms with Crippen LogP contribution in [0.2, 0.25) is 5.28 Å². The lowest BCUT2D eigenvalue weighted by Crippen LogP contribution is -2.40. The number of aromatic nitrogens is 5. The summed E-state index contributed by atoms with van der Waals surface area (Å²) in [5.41, 5.74) is 5.95. The highest BCUT2D eigenvalue weighted by molar-refractivity contribution is 7.07. The molecular weight excluding hydrogens is 443 g/mol. The van der Waals surface area contributed by atoms with E-state index in [-0.39, 0.29) is 28.0 Å². The Labute approximate surface area is 177 Å². The van der Waals surface area contributed by atoms with Crippen molar-refractivity contribution in [3.63, 3.8) is 0 Å². The Balaban J connectivity index is 1.56. The molecule has 5 atom stereocenters. The monoisotopic (exact) mass is 458 g/mol. The van der Waals surface area contributed by atoms with E-state index in [4.69, 9.17) is 26.8 Å². The number of ether oxygens (including phenoxy) is 2. The van der Waals surface area contributed by atoms with Crippen LogP contribution < -0.4 is 5.73 Å². The van der Waals surface area contributed by atoms with Crippen molar-refractivity contribution in [2.75, 3.05) is 12.3 Å². The van der Waals surface area contributed by atoms with Gasteiger partial charge in [0.05, 0.1) is 24.1 Å². The summed E-state index contributed by atoms with van der Waals surface area (Å²) in [6.07, 6.45) is -4.68. The minimum absolute atomic E-state index is 0.0121. The van der Waals surface area contributed by atoms with Crippen LogP contribution in [0.15, 0.2) is 17.2 Å². The molecular formula is C16H16ClFN6O5S. The standard InChI is InChI=1S/C16H16ClFN6O5S/c1-16(14(26)27,7-3-30-5-21-7)28-2-6-10(25)8(18)13(29-6)24-4-20-9-11(19)22-15(17)23-12(9)24/h3-6,8,10,13,25H,2H2,1H3,(H,26,27)(H2,19,22,23)/t6-,8+,10-,13-,16?/m1/s1. The number of fused-ring (bicyclic) bond motifs is 1. The van der Waals surface area contributed by atoms with Crippen LogP contribution >= 0.6 is 22.9 Å². The highest BCUT2D eigenvalue weighted by Crippen LogP contribution is 2.36. The SMILES string of the molecule is CC(OC[C@H]1O[C@@H](n2cnc3c(N)nc(Cl)nc32)[C@@H](F)[C@@H]1O)(C(=O)O)c1cscn1. The van der Waals surface area contributed by atoms with Crippen molar-refractivity contribution in [3.8, 4) is 0 Å². The van der Waals surface area contributed by atoms with Gasteiger partial charge in [-0.05, 0) is 18.5 Å². The van der Waals surface area contributed by atoms with Gasteiger partial charge in [0.15, 0.2) is 23.9 Å². The molecule has 0 radical (unpaired) electrons. The number of alkyl halides is 1. The van der Waals surface area contributed by atoms with E-state index < -0.39 is 42.8 Å². The van der Waals surface area contributed by atoms with Gasteiger partial charge in [-0.1, -0.05) is 0 Å². The van der Waals surface area contributed by atoms with E-state index in [0.29, 0.717) is 0 Å². The summed E-state index contributed by atoms with van der Waals surface area (Å²) < 4.78 is 27.3. The van der Waals surface area contributed by atoms with Crippen molar-refractivity contribution < 1.29 is 28.9 Å². The number of nitrogens with two attached hydrogens (primary N) is 1. The van der Waals surface area contributed by atoms with Crippen molar-refractivity contribution in [1.29, 1.82) is 0 Å². The van der Waals surface area contributed by atoms with Crippen LogP contribution in [0.1, 0.15) is 18.8 Å². The predicted octanol–water partition coefficient (Wildman–Crippen LogP) is 1.13. The lowest BCUT2D eigenvalue weighted by molar-refractivity contribution is -0.173. The van der Waals surface area contributed by atoms with Crippen LogP contribution in [0.25, 0.3) is 11.2 Å². The van der Waals surface area contributed by atoms with Crippen LogP contribution in [0.4, 0.5) is 10.2 Å². The Morgan fingerprint density at radius 3 is 2.93 bits per heavy atom. The summed E-state index contributed by atoms with van der Waals surface area (Å²) >= 11 is 7.03. The van der Waals surface area contributed by atoms with Crippen LogP contribution in [-0.4, -0.2) is 65.7 Å². The maximum atomic E-state index is 14.9. The van der Waals surface area contributed by atoms with Gasteiger partial charge in [0, 0.05) is 5.38 Å². The van der Waals surface area contributed by atoms with E-state index in [1.165, 1.54) is 40.0 Å². The average Bonchev–Trinajstić information content (AvgIpc) is 3.42. The number of hydrogen-bond donors (Lipinski definition) is 3. The molecule has 0 saturated carbocycles. The first-order valence-electron chi connectivity index (χ1n) is 8.61. The van der Waals surface area contributed by atoms with Crippen molar-refractivity contribution in [3.05, 3.63) is 28.2 Å². The highest BCUT2D eigenvalue weighted by Gasteiger charge is 2.48. The van der Waals surface area contributed by atoms with Gasteiger partial charge in [-0.15, -0.1) is 11.3 Å². The van der Waals surface area contributed by atoms with Gasteiger partial charge in [0.1, 0.15) is 17.7 Å². The van der Waals surface area contributed by atoms with Gasteiger partial charge >= 0.3 is 5.97 Å². The van der Waals surface area contributed by atoms with Crippen LogP contribution in [0.3, 0.4) is 0 Å². The fraction of sp³-hybridized carbons (Fsp3) is 0.438. The number of nitrogen functional groups attached to an aromatic ring is 1. The van der Waals surface area contributed by atoms with Crippen molar-refractivity contribution in [1.82, 2.24) is 24.5 Å². The molecule has 4 heterocycles. The third kappa shape index (κ3) is 3.37. The topological polar surface area (TPSA) is 158 Å². The molecule has 3 aromatic rings. The van der Waals surface area contributed by atoms with E-state index in [9.17, 15) is 19.4 Å². The average molecular weight is 459 g/mol. The molecule has 0 bridgehead atoms. The maximum absolute atomic E-state index is 14.9. The summed E-state index contributed by atoms with van der Waals surface area (Å²) in [6, 6.07) is 0. The summed E-state index contributed by atoms with van der Waals surface area (Å²) in [5.74, 6) is -1.27.